The number of carbonyl (C=O) groups is 6. The molecule has 19 nitrogen and oxygen atoms in total. The zero-order valence-electron chi connectivity index (χ0n) is 78.6. The van der Waals surface area contributed by atoms with Crippen molar-refractivity contribution in [1.82, 2.24) is 14.7 Å². The summed E-state index contributed by atoms with van der Waals surface area (Å²) in [5, 5.41) is 28.1. The molecular weight excluding hydrogens is 1790 g/mol. The van der Waals surface area contributed by atoms with Crippen LogP contribution in [-0.2, 0) is 33.2 Å². The predicted octanol–water partition coefficient (Wildman–Crippen LogP) is 24.6. The molecule has 0 heterocycles. The molecule has 0 bridgehead atoms. The predicted molar refractivity (Wildman–Crippen MR) is 526 cm³/mol. The molecule has 25 heteroatoms. The molecule has 3 amide bonds. The zero-order chi connectivity index (χ0) is 100.0. The summed E-state index contributed by atoms with van der Waals surface area (Å²) >= 11 is 11.7. The molecule has 14 aromatic rings. The van der Waals surface area contributed by atoms with Crippen molar-refractivity contribution in [3.8, 4) is 0 Å². The van der Waals surface area contributed by atoms with Gasteiger partial charge in [-0.25, -0.2) is 31.9 Å². The summed E-state index contributed by atoms with van der Waals surface area (Å²) in [5.41, 5.74) is 18.2. The van der Waals surface area contributed by atoms with E-state index in [0.717, 1.165) is 76.8 Å². The molecule has 2 unspecified atom stereocenters. The van der Waals surface area contributed by atoms with E-state index in [2.05, 4.69) is 62.4 Å². The summed E-state index contributed by atoms with van der Waals surface area (Å²) in [7, 11) is 21.7. The lowest BCUT2D eigenvalue weighted by atomic mass is 9.98. The average molecular weight is 1900 g/mol. The van der Waals surface area contributed by atoms with Crippen molar-refractivity contribution in [3.05, 3.63) is 495 Å². The van der Waals surface area contributed by atoms with Gasteiger partial charge in [0.05, 0.1) is 16.7 Å². The second-order valence-electron chi connectivity index (χ2n) is 31.7. The van der Waals surface area contributed by atoms with Gasteiger partial charge < -0.3 is 63.2 Å². The third-order valence-electron chi connectivity index (χ3n) is 21.4. The molecule has 0 fully saturated rings. The summed E-state index contributed by atoms with van der Waals surface area (Å²) in [6.45, 7) is 4.19. The van der Waals surface area contributed by atoms with E-state index < -0.39 is 17.9 Å². The highest BCUT2D eigenvalue weighted by Gasteiger charge is 2.23. The number of rotatable bonds is 27. The first kappa shape index (κ1) is 108. The minimum Gasteiger partial charge on any atom is -0.478 e. The quantitative estimate of drug-likeness (QED) is 0.0406. The fraction of sp³-hybridized carbons (Fsp3) is 0.196. The standard InChI is InChI=1S/C20H24N2O3.C17H18FNO2.C16H14O5.C16H18O.C15H13FO3.C14H12Cl2O.C14H12F2O/c1-21(2)19(23)16-10-6-14(7-11-16)18(25-5)15-8-12-17(13-9-15)20(24)22(3)4;1-19(2)17(20)14-6-4-12(5-7-14)16(21-3)13-8-10-15(18)11-9-13;1-21-14(10-2-6-12(7-3-10)15(17)18)11-4-8-13(9-5-11)16(19)20;1-12-4-8-14(9-5-12)16(17-3)15-10-6-13(2)7-11-15;1-19-14(11-6-8-13(16)9-7-11)10-2-4-12(5-3-10)15(17)18;2*1-17-14(10-2-6-12(15)7-3-10)11-4-8-13(16)9-5-11/h6-13,18H,1-5H3;4-11,16H,1-3H3;2-9,14H,1H3,(H,17,18)(H,19,20);4-11,16H,1-3H3;2-9,14H,1H3,(H,17,18);2*2-9,14H,1H3. The number of carboxylic acids is 3. The van der Waals surface area contributed by atoms with Gasteiger partial charge in [0.2, 0.25) is 0 Å². The zero-order valence-corrected chi connectivity index (χ0v) is 80.1. The molecule has 712 valence electrons. The molecule has 0 spiro atoms. The maximum absolute atomic E-state index is 13.0. The van der Waals surface area contributed by atoms with Gasteiger partial charge in [-0.1, -0.05) is 228 Å². The van der Waals surface area contributed by atoms with Gasteiger partial charge in [-0.05, 0) is 237 Å². The van der Waals surface area contributed by atoms with Crippen molar-refractivity contribution in [2.24, 2.45) is 0 Å². The van der Waals surface area contributed by atoms with Crippen LogP contribution in [-0.4, -0.2) is 158 Å². The monoisotopic (exact) mass is 1900 g/mol. The molecule has 0 aliphatic rings. The third-order valence-corrected chi connectivity index (χ3v) is 21.9. The number of benzene rings is 14. The average Bonchev–Trinajstić information content (AvgIpc) is 0.827. The molecule has 14 aromatic carbocycles. The summed E-state index contributed by atoms with van der Waals surface area (Å²) in [4.78, 5) is 72.9. The normalized spacial score (nSPS) is 11.1. The number of hydrogen-bond acceptors (Lipinski definition) is 13. The molecule has 0 saturated heterocycles. The Morgan fingerprint density at radius 1 is 0.212 bits per heavy atom. The lowest BCUT2D eigenvalue weighted by molar-refractivity contribution is 0.0686. The van der Waals surface area contributed by atoms with Crippen LogP contribution in [0.15, 0.2) is 340 Å². The van der Waals surface area contributed by atoms with Gasteiger partial charge in [0.15, 0.2) is 0 Å². The molecule has 0 aliphatic carbocycles. The Morgan fingerprint density at radius 3 is 0.453 bits per heavy atom. The van der Waals surface area contributed by atoms with Crippen LogP contribution in [0.4, 0.5) is 17.6 Å². The fourth-order valence-corrected chi connectivity index (χ4v) is 14.4. The van der Waals surface area contributed by atoms with Crippen LogP contribution in [0.5, 0.6) is 0 Å². The Labute approximate surface area is 807 Å². The van der Waals surface area contributed by atoms with Crippen molar-refractivity contribution in [3.63, 3.8) is 0 Å². The highest BCUT2D eigenvalue weighted by atomic mass is 35.5. The number of halogens is 6. The van der Waals surface area contributed by atoms with E-state index in [1.54, 1.807) is 223 Å². The van der Waals surface area contributed by atoms with Crippen LogP contribution in [0.3, 0.4) is 0 Å². The molecule has 3 N–H and O–H groups in total. The number of aromatic carboxylic acids is 3. The van der Waals surface area contributed by atoms with Gasteiger partial charge in [0, 0.05) is 119 Å². The maximum atomic E-state index is 13.0. The van der Waals surface area contributed by atoms with E-state index in [4.69, 9.17) is 71.7 Å². The van der Waals surface area contributed by atoms with E-state index in [-0.39, 0.29) is 100 Å². The van der Waals surface area contributed by atoms with Crippen LogP contribution >= 0.6 is 23.2 Å². The smallest absolute Gasteiger partial charge is 0.335 e. The summed E-state index contributed by atoms with van der Waals surface area (Å²) in [5.74, 6) is -4.22. The first-order chi connectivity index (χ1) is 65.6. The SMILES string of the molecule is COC(c1ccc(C(=O)N(C)C)cc1)c1ccc(C(=O)N(C)C)cc1.COC(c1ccc(C(=O)O)cc1)c1ccc(C(=O)O)cc1.COC(c1ccc(C)cc1)c1ccc(C)cc1.COC(c1ccc(Cl)cc1)c1ccc(Cl)cc1.COC(c1ccc(F)cc1)c1ccc(C(=O)N(C)C)cc1.COC(c1ccc(F)cc1)c1ccc(C(=O)O)cc1.COC(c1ccc(F)cc1)c1ccc(F)cc1. The molecule has 0 aromatic heterocycles. The number of ether oxygens (including phenoxy) is 7. The number of nitrogens with zero attached hydrogens (tertiary/aromatic N) is 3. The number of carboxylic acid groups (broad SMARTS) is 3. The first-order valence-electron chi connectivity index (χ1n) is 42.9. The summed E-state index contributed by atoms with van der Waals surface area (Å²) in [6.07, 6.45) is -1.64. The highest BCUT2D eigenvalue weighted by molar-refractivity contribution is 6.30. The Kier molecular flexibility index (Phi) is 43.0. The van der Waals surface area contributed by atoms with Crippen molar-refractivity contribution >= 4 is 58.8 Å². The van der Waals surface area contributed by atoms with Crippen molar-refractivity contribution < 1.29 is 94.8 Å². The number of amides is 3. The Bertz CT molecular complexity index is 5610. The fourth-order valence-electron chi connectivity index (χ4n) is 14.1. The van der Waals surface area contributed by atoms with Crippen molar-refractivity contribution in [2.45, 2.75) is 56.6 Å². The Hall–Kier alpha value is -14.1. The van der Waals surface area contributed by atoms with Gasteiger partial charge in [-0.15, -0.1) is 0 Å². The van der Waals surface area contributed by atoms with Gasteiger partial charge in [0.25, 0.3) is 17.7 Å². The van der Waals surface area contributed by atoms with Crippen molar-refractivity contribution in [2.75, 3.05) is 92.1 Å². The van der Waals surface area contributed by atoms with E-state index in [9.17, 15) is 46.3 Å². The van der Waals surface area contributed by atoms with E-state index in [1.165, 1.54) is 112 Å². The van der Waals surface area contributed by atoms with Crippen LogP contribution < -0.4 is 0 Å². The van der Waals surface area contributed by atoms with E-state index >= 15 is 0 Å². The largest absolute Gasteiger partial charge is 0.478 e. The van der Waals surface area contributed by atoms with E-state index in [0.29, 0.717) is 16.7 Å². The highest BCUT2D eigenvalue weighted by Crippen LogP contribution is 2.34. The van der Waals surface area contributed by atoms with Crippen LogP contribution in [0, 0.1) is 37.1 Å². The van der Waals surface area contributed by atoms with Crippen LogP contribution in [0.1, 0.15) is 194 Å². The van der Waals surface area contributed by atoms with Gasteiger partial charge in [0.1, 0.15) is 66.0 Å². The molecular formula is C112H111Cl2F4N3O16. The Morgan fingerprint density at radius 2 is 0.328 bits per heavy atom. The van der Waals surface area contributed by atoms with Crippen LogP contribution in [0.2, 0.25) is 10.0 Å². The Balaban J connectivity index is 0.000000197. The molecule has 137 heavy (non-hydrogen) atoms. The minimum atomic E-state index is -0.985. The molecule has 0 radical (unpaired) electrons. The number of hydrogen-bond donors (Lipinski definition) is 3. The molecule has 0 aliphatic heterocycles. The number of carbonyl (C=O) groups excluding carboxylic acids is 3. The molecule has 2 atom stereocenters. The second kappa shape index (κ2) is 54.5. The number of aryl methyl sites for hydroxylation is 2. The van der Waals surface area contributed by atoms with Crippen LogP contribution in [0.25, 0.3) is 0 Å². The lowest BCUT2D eigenvalue weighted by Gasteiger charge is -2.18. The molecule has 0 saturated carbocycles. The summed E-state index contributed by atoms with van der Waals surface area (Å²) < 4.78 is 89.9. The van der Waals surface area contributed by atoms with Gasteiger partial charge >= 0.3 is 17.9 Å². The number of methoxy groups -OCH3 is 7. The maximum Gasteiger partial charge on any atom is 0.335 e. The lowest BCUT2D eigenvalue weighted by Crippen LogP contribution is -2.21. The first-order valence-corrected chi connectivity index (χ1v) is 43.7. The van der Waals surface area contributed by atoms with E-state index in [1.807, 2.05) is 84.9 Å². The van der Waals surface area contributed by atoms with Gasteiger partial charge in [-0.3, -0.25) is 14.4 Å². The summed E-state index contributed by atoms with van der Waals surface area (Å²) in [6, 6.07) is 97.9. The second-order valence-corrected chi connectivity index (χ2v) is 32.6. The third kappa shape index (κ3) is 32.6. The minimum absolute atomic E-state index is 0.0243. The van der Waals surface area contributed by atoms with Crippen molar-refractivity contribution in [1.29, 1.82) is 0 Å². The van der Waals surface area contributed by atoms with Gasteiger partial charge in [-0.2, -0.15) is 0 Å². The topological polar surface area (TPSA) is 237 Å². The molecule has 14 rings (SSSR count).